The number of rotatable bonds is 11. The first-order valence-corrected chi connectivity index (χ1v) is 10.9. The molecule has 0 aliphatic heterocycles. The molecule has 1 atom stereocenters. The molecule has 0 unspecified atom stereocenters. The molecule has 164 valence electrons. The Balaban J connectivity index is 1.65. The predicted octanol–water partition coefficient (Wildman–Crippen LogP) is 4.78. The van der Waals surface area contributed by atoms with Gasteiger partial charge in [-0.3, -0.25) is 0 Å². The Kier molecular flexibility index (Phi) is 8.36. The van der Waals surface area contributed by atoms with Crippen molar-refractivity contribution in [3.8, 4) is 17.2 Å². The zero-order valence-electron chi connectivity index (χ0n) is 19.0. The summed E-state index contributed by atoms with van der Waals surface area (Å²) in [7, 11) is 3.34. The Morgan fingerprint density at radius 2 is 1.45 bits per heavy atom. The van der Waals surface area contributed by atoms with Crippen LogP contribution in [0.2, 0.25) is 0 Å². The van der Waals surface area contributed by atoms with Gasteiger partial charge in [-0.15, -0.1) is 0 Å². The molecular formula is C27H34NO3+. The maximum atomic E-state index is 5.81. The van der Waals surface area contributed by atoms with Gasteiger partial charge in [0.15, 0.2) is 11.5 Å². The van der Waals surface area contributed by atoms with Crippen molar-refractivity contribution in [2.24, 2.45) is 0 Å². The van der Waals surface area contributed by atoms with Crippen LogP contribution in [-0.4, -0.2) is 26.9 Å². The lowest BCUT2D eigenvalue weighted by molar-refractivity contribution is -0.671. The molecule has 0 bridgehead atoms. The minimum absolute atomic E-state index is 0.182. The van der Waals surface area contributed by atoms with Crippen molar-refractivity contribution in [3.05, 3.63) is 89.5 Å². The second-order valence-electron chi connectivity index (χ2n) is 7.96. The molecule has 31 heavy (non-hydrogen) atoms. The molecular weight excluding hydrogens is 386 g/mol. The van der Waals surface area contributed by atoms with Crippen LogP contribution in [0.15, 0.2) is 72.8 Å². The van der Waals surface area contributed by atoms with Crippen LogP contribution in [0.3, 0.4) is 0 Å². The number of hydrogen-bond donors (Lipinski definition) is 1. The zero-order chi connectivity index (χ0) is 22.1. The Hall–Kier alpha value is -2.98. The van der Waals surface area contributed by atoms with E-state index in [9.17, 15) is 0 Å². The number of benzene rings is 3. The van der Waals surface area contributed by atoms with Gasteiger partial charge in [0.2, 0.25) is 0 Å². The Bertz CT molecular complexity index is 923. The number of quaternary nitrogens is 1. The van der Waals surface area contributed by atoms with E-state index >= 15 is 0 Å². The number of nitrogens with two attached hydrogens (primary N) is 1. The lowest BCUT2D eigenvalue weighted by Gasteiger charge is -2.18. The van der Waals surface area contributed by atoms with Crippen LogP contribution in [0, 0.1) is 0 Å². The summed E-state index contributed by atoms with van der Waals surface area (Å²) in [5.74, 6) is 2.82. The van der Waals surface area contributed by atoms with Crippen LogP contribution >= 0.6 is 0 Å². The van der Waals surface area contributed by atoms with E-state index in [1.165, 1.54) is 16.7 Å². The average Bonchev–Trinajstić information content (AvgIpc) is 2.80. The molecule has 3 aromatic carbocycles. The minimum atomic E-state index is 0.182. The van der Waals surface area contributed by atoms with Gasteiger partial charge < -0.3 is 19.5 Å². The molecule has 0 spiro atoms. The van der Waals surface area contributed by atoms with Crippen LogP contribution in [0.1, 0.15) is 42.9 Å². The van der Waals surface area contributed by atoms with Crippen LogP contribution < -0.4 is 19.5 Å². The number of hydrogen-bond acceptors (Lipinski definition) is 3. The van der Waals surface area contributed by atoms with Crippen LogP contribution in [0.25, 0.3) is 0 Å². The third kappa shape index (κ3) is 6.50. The summed E-state index contributed by atoms with van der Waals surface area (Å²) in [6, 6.07) is 25.4. The maximum Gasteiger partial charge on any atom is 0.161 e. The SMILES string of the molecule is COc1ccc(C[NH2+]CC[C@@H](c2ccccc2)c2ccc(OC(C)C)cc2)cc1OC. The quantitative estimate of drug-likeness (QED) is 0.454. The van der Waals surface area contributed by atoms with E-state index in [-0.39, 0.29) is 6.10 Å². The lowest BCUT2D eigenvalue weighted by atomic mass is 9.88. The molecule has 0 heterocycles. The molecule has 0 aromatic heterocycles. The summed E-state index contributed by atoms with van der Waals surface area (Å²) in [5.41, 5.74) is 3.89. The summed E-state index contributed by atoms with van der Waals surface area (Å²) in [6.07, 6.45) is 1.24. The lowest BCUT2D eigenvalue weighted by Crippen LogP contribution is -2.82. The van der Waals surface area contributed by atoms with Crippen molar-refractivity contribution in [2.45, 2.75) is 38.8 Å². The van der Waals surface area contributed by atoms with Crippen molar-refractivity contribution in [1.29, 1.82) is 0 Å². The standard InChI is InChI=1S/C27H33NO3/c1-20(2)31-24-13-11-23(12-14-24)25(22-8-6-5-7-9-22)16-17-28-19-21-10-15-26(29-3)27(18-21)30-4/h5-15,18,20,25,28H,16-17,19H2,1-4H3/p+1/t25-/m0/s1. The molecule has 4 heteroatoms. The zero-order valence-corrected chi connectivity index (χ0v) is 19.0. The van der Waals surface area contributed by atoms with Gasteiger partial charge in [0.25, 0.3) is 0 Å². The van der Waals surface area contributed by atoms with Crippen molar-refractivity contribution >= 4 is 0 Å². The van der Waals surface area contributed by atoms with Gasteiger partial charge in [-0.05, 0) is 55.3 Å². The summed E-state index contributed by atoms with van der Waals surface area (Å²) >= 11 is 0. The third-order valence-electron chi connectivity index (χ3n) is 5.34. The summed E-state index contributed by atoms with van der Waals surface area (Å²) in [5, 5.41) is 2.35. The highest BCUT2D eigenvalue weighted by atomic mass is 16.5. The van der Waals surface area contributed by atoms with E-state index in [2.05, 4.69) is 85.9 Å². The topological polar surface area (TPSA) is 44.3 Å². The normalized spacial score (nSPS) is 11.9. The first-order valence-electron chi connectivity index (χ1n) is 10.9. The number of methoxy groups -OCH3 is 2. The van der Waals surface area contributed by atoms with Crippen molar-refractivity contribution in [2.75, 3.05) is 20.8 Å². The molecule has 0 amide bonds. The van der Waals surface area contributed by atoms with Crippen LogP contribution in [0.4, 0.5) is 0 Å². The summed E-state index contributed by atoms with van der Waals surface area (Å²) < 4.78 is 16.6. The van der Waals surface area contributed by atoms with Gasteiger partial charge in [-0.25, -0.2) is 0 Å². The molecule has 3 rings (SSSR count). The van der Waals surface area contributed by atoms with Crippen molar-refractivity contribution < 1.29 is 19.5 Å². The van der Waals surface area contributed by atoms with Crippen LogP contribution in [0.5, 0.6) is 17.2 Å². The van der Waals surface area contributed by atoms with Gasteiger partial charge >= 0.3 is 0 Å². The van der Waals surface area contributed by atoms with Gasteiger partial charge in [-0.2, -0.15) is 0 Å². The van der Waals surface area contributed by atoms with E-state index in [1.54, 1.807) is 14.2 Å². The molecule has 0 fully saturated rings. The van der Waals surface area contributed by atoms with E-state index in [1.807, 2.05) is 6.07 Å². The summed E-state index contributed by atoms with van der Waals surface area (Å²) in [6.45, 7) is 6.03. The van der Waals surface area contributed by atoms with Crippen LogP contribution in [-0.2, 0) is 6.54 Å². The number of ether oxygens (including phenoxy) is 3. The molecule has 0 aliphatic rings. The fraction of sp³-hybridized carbons (Fsp3) is 0.333. The first-order chi connectivity index (χ1) is 15.1. The molecule has 0 saturated heterocycles. The third-order valence-corrected chi connectivity index (χ3v) is 5.34. The van der Waals surface area contributed by atoms with Crippen molar-refractivity contribution in [3.63, 3.8) is 0 Å². The van der Waals surface area contributed by atoms with E-state index in [0.717, 1.165) is 36.8 Å². The largest absolute Gasteiger partial charge is 0.493 e. The average molecular weight is 421 g/mol. The molecule has 0 aliphatic carbocycles. The highest BCUT2D eigenvalue weighted by Crippen LogP contribution is 2.29. The Labute approximate surface area is 186 Å². The molecule has 0 radical (unpaired) electrons. The Morgan fingerprint density at radius 3 is 2.10 bits per heavy atom. The fourth-order valence-corrected chi connectivity index (χ4v) is 3.82. The second kappa shape index (κ2) is 11.4. The fourth-order valence-electron chi connectivity index (χ4n) is 3.82. The van der Waals surface area contributed by atoms with E-state index in [0.29, 0.717) is 5.92 Å². The van der Waals surface area contributed by atoms with E-state index in [4.69, 9.17) is 14.2 Å². The molecule has 4 nitrogen and oxygen atoms in total. The minimum Gasteiger partial charge on any atom is -0.493 e. The molecule has 2 N–H and O–H groups in total. The smallest absolute Gasteiger partial charge is 0.161 e. The first kappa shape index (κ1) is 22.7. The highest BCUT2D eigenvalue weighted by molar-refractivity contribution is 5.42. The van der Waals surface area contributed by atoms with Gasteiger partial charge in [0, 0.05) is 17.9 Å². The molecule has 3 aromatic rings. The van der Waals surface area contributed by atoms with Gasteiger partial charge in [0.1, 0.15) is 12.3 Å². The Morgan fingerprint density at radius 1 is 0.774 bits per heavy atom. The van der Waals surface area contributed by atoms with Crippen molar-refractivity contribution in [1.82, 2.24) is 0 Å². The van der Waals surface area contributed by atoms with Gasteiger partial charge in [-0.1, -0.05) is 42.5 Å². The highest BCUT2D eigenvalue weighted by Gasteiger charge is 2.15. The van der Waals surface area contributed by atoms with E-state index < -0.39 is 0 Å². The summed E-state index contributed by atoms with van der Waals surface area (Å²) in [4.78, 5) is 0. The monoisotopic (exact) mass is 420 g/mol. The predicted molar refractivity (Wildman–Crippen MR) is 125 cm³/mol. The maximum absolute atomic E-state index is 5.81. The molecule has 0 saturated carbocycles. The second-order valence-corrected chi connectivity index (χ2v) is 7.96. The van der Waals surface area contributed by atoms with Gasteiger partial charge in [0.05, 0.1) is 26.9 Å².